The van der Waals surface area contributed by atoms with Gasteiger partial charge < -0.3 is 27.0 Å². The number of hydrogen-bond donors (Lipinski definition) is 5. The third-order valence-corrected chi connectivity index (χ3v) is 9.59. The lowest BCUT2D eigenvalue weighted by Crippen LogP contribution is -2.45. The van der Waals surface area contributed by atoms with Crippen molar-refractivity contribution in [2.75, 3.05) is 36.4 Å². The van der Waals surface area contributed by atoms with Gasteiger partial charge in [0.15, 0.2) is 0 Å². The van der Waals surface area contributed by atoms with Crippen LogP contribution in [0.15, 0.2) is 89.6 Å². The Morgan fingerprint density at radius 3 is 1.98 bits per heavy atom. The Bertz CT molecular complexity index is 1780. The minimum atomic E-state index is -3.65. The number of aryl methyl sites for hydroxylation is 1. The third kappa shape index (κ3) is 12.3. The second-order valence-electron chi connectivity index (χ2n) is 11.7. The van der Waals surface area contributed by atoms with Gasteiger partial charge in [0.2, 0.25) is 15.9 Å². The van der Waals surface area contributed by atoms with Crippen molar-refractivity contribution in [1.82, 2.24) is 21.3 Å². The summed E-state index contributed by atoms with van der Waals surface area (Å²) >= 11 is 1.51. The monoisotopic (exact) mass is 706 g/mol. The van der Waals surface area contributed by atoms with Crippen molar-refractivity contribution < 1.29 is 22.8 Å². The van der Waals surface area contributed by atoms with Crippen LogP contribution >= 0.6 is 11.3 Å². The molecule has 0 fully saturated rings. The molecule has 0 bridgehead atoms. The summed E-state index contributed by atoms with van der Waals surface area (Å²) in [5.41, 5.74) is 10.0. The topological polar surface area (TPSA) is 163 Å². The molecule has 49 heavy (non-hydrogen) atoms. The van der Waals surface area contributed by atoms with Crippen LogP contribution in [0.4, 0.5) is 11.4 Å². The Balaban J connectivity index is 0.000000823. The number of carbonyl (C=O) groups is 3. The van der Waals surface area contributed by atoms with E-state index in [9.17, 15) is 22.8 Å². The van der Waals surface area contributed by atoms with Crippen LogP contribution in [0.1, 0.15) is 70.3 Å². The number of nitrogens with one attached hydrogen (secondary N) is 4. The first-order valence-corrected chi connectivity index (χ1v) is 18.6. The summed E-state index contributed by atoms with van der Waals surface area (Å²) < 4.78 is 25.4. The van der Waals surface area contributed by atoms with Gasteiger partial charge in [0.1, 0.15) is 0 Å². The van der Waals surface area contributed by atoms with E-state index < -0.39 is 27.9 Å². The second kappa shape index (κ2) is 18.2. The molecule has 3 amide bonds. The highest BCUT2D eigenvalue weighted by Crippen LogP contribution is 2.22. The third-order valence-electron chi connectivity index (χ3n) is 7.68. The summed E-state index contributed by atoms with van der Waals surface area (Å²) in [5.74, 6) is -1.13. The van der Waals surface area contributed by atoms with Crippen LogP contribution in [0.2, 0.25) is 0 Å². The summed E-state index contributed by atoms with van der Waals surface area (Å²) in [6, 6.07) is 22.7. The van der Waals surface area contributed by atoms with Gasteiger partial charge in [0, 0.05) is 37.0 Å². The van der Waals surface area contributed by atoms with E-state index >= 15 is 0 Å². The van der Waals surface area contributed by atoms with Gasteiger partial charge in [-0.05, 0) is 86.0 Å². The predicted octanol–water partition coefficient (Wildman–Crippen LogP) is 4.80. The predicted molar refractivity (Wildman–Crippen MR) is 198 cm³/mol. The molecule has 4 rings (SSSR count). The number of sulfonamides is 1. The van der Waals surface area contributed by atoms with E-state index in [0.717, 1.165) is 21.7 Å². The fourth-order valence-corrected chi connectivity index (χ4v) is 5.77. The number of benzene rings is 3. The maximum Gasteiger partial charge on any atom is 0.251 e. The first-order valence-electron chi connectivity index (χ1n) is 15.8. The van der Waals surface area contributed by atoms with Crippen LogP contribution < -0.4 is 31.3 Å². The molecular weight excluding hydrogens is 661 g/mol. The Kier molecular flexibility index (Phi) is 14.3. The number of nitrogens with zero attached hydrogens (tertiary/aromatic N) is 1. The molecule has 0 aliphatic rings. The number of carbonyl (C=O) groups excluding carboxylic acids is 3. The average Bonchev–Trinajstić information content (AvgIpc) is 3.62. The van der Waals surface area contributed by atoms with Gasteiger partial charge in [-0.3, -0.25) is 18.7 Å². The number of hydrogen-bond acceptors (Lipinski definition) is 8. The zero-order valence-corrected chi connectivity index (χ0v) is 30.3. The molecule has 1 heterocycles. The molecule has 6 N–H and O–H groups in total. The smallest absolute Gasteiger partial charge is 0.251 e. The fourth-order valence-electron chi connectivity index (χ4n) is 4.53. The molecule has 0 saturated carbocycles. The standard InChI is InChI=1S/C29H38N6O5S2.C7H8/c1-18(21-6-8-25(30)9-7-21)33-27(36)20(3)31-11-12-32-28(37)23-14-24(16-26(15-23)35(4)42(5,39)40)29(38)34-19(2)22-10-13-41-17-22;1-7-5-3-2-4-6-7/h6-10,13-20,31H,11-12,30H2,1-5H3,(H,32,37)(H,33,36)(H,34,38);2-6H,1H3/t18-,19?,20+;/m1./s1. The Morgan fingerprint density at radius 1 is 0.816 bits per heavy atom. The number of thiophene rings is 1. The summed E-state index contributed by atoms with van der Waals surface area (Å²) in [5, 5.41) is 15.5. The molecule has 4 aromatic rings. The van der Waals surface area contributed by atoms with Crippen LogP contribution in [0.3, 0.4) is 0 Å². The molecule has 0 aliphatic carbocycles. The molecule has 11 nitrogen and oxygen atoms in total. The van der Waals surface area contributed by atoms with Crippen molar-refractivity contribution in [3.05, 3.63) is 117 Å². The molecule has 13 heteroatoms. The summed E-state index contributed by atoms with van der Waals surface area (Å²) in [6.45, 7) is 8.01. The highest BCUT2D eigenvalue weighted by Gasteiger charge is 2.20. The largest absolute Gasteiger partial charge is 0.399 e. The molecular formula is C36H46N6O5S2. The highest BCUT2D eigenvalue weighted by atomic mass is 32.2. The molecule has 262 valence electrons. The first-order chi connectivity index (χ1) is 23.1. The fraction of sp³-hybridized carbons (Fsp3) is 0.306. The van der Waals surface area contributed by atoms with E-state index in [4.69, 9.17) is 5.73 Å². The molecule has 0 saturated heterocycles. The normalized spacial score (nSPS) is 12.8. The van der Waals surface area contributed by atoms with Gasteiger partial charge in [-0.1, -0.05) is 48.0 Å². The maximum atomic E-state index is 13.1. The lowest BCUT2D eigenvalue weighted by Gasteiger charge is -2.20. The Morgan fingerprint density at radius 2 is 1.43 bits per heavy atom. The van der Waals surface area contributed by atoms with Gasteiger partial charge in [-0.2, -0.15) is 11.3 Å². The highest BCUT2D eigenvalue weighted by molar-refractivity contribution is 7.92. The van der Waals surface area contributed by atoms with Crippen molar-refractivity contribution in [2.24, 2.45) is 0 Å². The minimum absolute atomic E-state index is 0.124. The molecule has 0 spiro atoms. The van der Waals surface area contributed by atoms with Gasteiger partial charge in [0.25, 0.3) is 11.8 Å². The first kappa shape index (κ1) is 38.7. The SMILES string of the molecule is CC(NC(=O)c1cc(C(=O)NCCN[C@@H](C)C(=O)N[C@H](C)c2ccc(N)cc2)cc(N(C)S(C)(=O)=O)c1)c1ccsc1.Cc1ccccc1. The van der Waals surface area contributed by atoms with E-state index in [1.54, 1.807) is 19.1 Å². The molecule has 1 aromatic heterocycles. The molecule has 0 radical (unpaired) electrons. The van der Waals surface area contributed by atoms with Crippen molar-refractivity contribution >= 4 is 50.5 Å². The summed E-state index contributed by atoms with van der Waals surface area (Å²) in [6.07, 6.45) is 1.04. The van der Waals surface area contributed by atoms with Crippen LogP contribution in [0.25, 0.3) is 0 Å². The number of rotatable bonds is 13. The number of anilines is 2. The summed E-state index contributed by atoms with van der Waals surface area (Å²) in [7, 11) is -2.29. The van der Waals surface area contributed by atoms with Crippen molar-refractivity contribution in [2.45, 2.75) is 45.8 Å². The zero-order valence-electron chi connectivity index (χ0n) is 28.7. The van der Waals surface area contributed by atoms with E-state index in [2.05, 4.69) is 40.3 Å². The summed E-state index contributed by atoms with van der Waals surface area (Å²) in [4.78, 5) is 38.7. The van der Waals surface area contributed by atoms with Crippen molar-refractivity contribution in [3.63, 3.8) is 0 Å². The molecule has 0 aliphatic heterocycles. The Labute approximate surface area is 293 Å². The van der Waals surface area contributed by atoms with Crippen LogP contribution in [0.5, 0.6) is 0 Å². The molecule has 1 unspecified atom stereocenters. The van der Waals surface area contributed by atoms with Gasteiger partial charge in [-0.15, -0.1) is 0 Å². The van der Waals surface area contributed by atoms with Crippen molar-refractivity contribution in [1.29, 1.82) is 0 Å². The quantitative estimate of drug-likeness (QED) is 0.0986. The van der Waals surface area contributed by atoms with Crippen molar-refractivity contribution in [3.8, 4) is 0 Å². The van der Waals surface area contributed by atoms with Gasteiger partial charge >= 0.3 is 0 Å². The number of nitrogen functional groups attached to an aromatic ring is 1. The molecule has 3 atom stereocenters. The van der Waals surface area contributed by atoms with E-state index in [-0.39, 0.29) is 41.3 Å². The van der Waals surface area contributed by atoms with Crippen LogP contribution in [-0.2, 0) is 14.8 Å². The number of nitrogens with two attached hydrogens (primary N) is 1. The second-order valence-corrected chi connectivity index (χ2v) is 14.5. The molecule has 3 aromatic carbocycles. The zero-order chi connectivity index (χ0) is 36.1. The average molecular weight is 707 g/mol. The van der Waals surface area contributed by atoms with Gasteiger partial charge in [0.05, 0.1) is 30.1 Å². The Hall–Kier alpha value is -4.72. The van der Waals surface area contributed by atoms with E-state index in [1.165, 1.54) is 42.1 Å². The minimum Gasteiger partial charge on any atom is -0.399 e. The van der Waals surface area contributed by atoms with Gasteiger partial charge in [-0.25, -0.2) is 8.42 Å². The van der Waals surface area contributed by atoms with Crippen LogP contribution in [0, 0.1) is 6.92 Å². The van der Waals surface area contributed by atoms with E-state index in [0.29, 0.717) is 12.2 Å². The number of amides is 3. The lowest BCUT2D eigenvalue weighted by atomic mass is 10.1. The van der Waals surface area contributed by atoms with Crippen LogP contribution in [-0.4, -0.2) is 58.6 Å². The van der Waals surface area contributed by atoms with E-state index in [1.807, 2.05) is 61.0 Å². The lowest BCUT2D eigenvalue weighted by molar-refractivity contribution is -0.123. The maximum absolute atomic E-state index is 13.1.